The summed E-state index contributed by atoms with van der Waals surface area (Å²) in [6.07, 6.45) is -0.370. The highest BCUT2D eigenvalue weighted by atomic mass is 16.5. The molecule has 1 aliphatic heterocycles. The van der Waals surface area contributed by atoms with E-state index in [2.05, 4.69) is 22.8 Å². The number of fused-ring (bicyclic) bond motifs is 3. The van der Waals surface area contributed by atoms with E-state index in [0.29, 0.717) is 0 Å². The van der Waals surface area contributed by atoms with Gasteiger partial charge in [0.1, 0.15) is 12.1 Å². The lowest BCUT2D eigenvalue weighted by molar-refractivity contribution is -0.151. The Hall–Kier alpha value is -3.43. The van der Waals surface area contributed by atoms with E-state index in [1.165, 1.54) is 14.0 Å². The Morgan fingerprint density at radius 2 is 1.63 bits per heavy atom. The Bertz CT molecular complexity index is 1070. The number of carbonyl (C=O) groups excluding carboxylic acids is 2. The summed E-state index contributed by atoms with van der Waals surface area (Å²) in [5.41, 5.74) is 1.38. The zero-order valence-corrected chi connectivity index (χ0v) is 19.8. The van der Waals surface area contributed by atoms with E-state index in [-0.39, 0.29) is 45.2 Å². The highest BCUT2D eigenvalue weighted by Crippen LogP contribution is 2.44. The minimum Gasteiger partial charge on any atom is -0.479 e. The molecule has 2 aromatic rings. The summed E-state index contributed by atoms with van der Waals surface area (Å²) in [7, 11) is 1.35. The van der Waals surface area contributed by atoms with Gasteiger partial charge in [0.25, 0.3) is 0 Å². The third-order valence-corrected chi connectivity index (χ3v) is 6.76. The Morgan fingerprint density at radius 3 is 2.17 bits per heavy atom. The summed E-state index contributed by atoms with van der Waals surface area (Å²) >= 11 is 0. The minimum absolute atomic E-state index is 0.102. The van der Waals surface area contributed by atoms with E-state index in [9.17, 15) is 19.5 Å². The summed E-state index contributed by atoms with van der Waals surface area (Å²) in [6.45, 7) is 1.71. The molecule has 1 unspecified atom stereocenters. The lowest BCUT2D eigenvalue weighted by Gasteiger charge is -2.38. The molecule has 1 heterocycles. The summed E-state index contributed by atoms with van der Waals surface area (Å²) in [5, 5.41) is 14.9. The largest absolute Gasteiger partial charge is 0.479 e. The maximum Gasteiger partial charge on any atom is 0.408 e. The van der Waals surface area contributed by atoms with E-state index in [1.807, 2.05) is 36.4 Å². The Kier molecular flexibility index (Phi) is 7.09. The highest BCUT2D eigenvalue weighted by molar-refractivity contribution is 5.94. The number of alkyl carbamates (subject to hydrolysis) is 1. The number of carboxylic acid groups (broad SMARTS) is 1. The SMILES string of the molecule is COCC(C)(NC(=O)C1(NC(=O)OCC2c3ccccc3-c3ccccc32)CCOCC1)C(=O)O. The number of aliphatic carboxylic acids is 1. The Labute approximate surface area is 203 Å². The average Bonchev–Trinajstić information content (AvgIpc) is 3.17. The third kappa shape index (κ3) is 4.87. The van der Waals surface area contributed by atoms with Crippen molar-refractivity contribution in [1.29, 1.82) is 0 Å². The molecule has 2 aliphatic rings. The second kappa shape index (κ2) is 10.1. The number of benzene rings is 2. The van der Waals surface area contributed by atoms with Crippen LogP contribution < -0.4 is 10.6 Å². The van der Waals surface area contributed by atoms with Gasteiger partial charge in [-0.3, -0.25) is 4.79 Å². The van der Waals surface area contributed by atoms with Gasteiger partial charge in [-0.25, -0.2) is 9.59 Å². The molecule has 0 saturated carbocycles. The van der Waals surface area contributed by atoms with Gasteiger partial charge in [-0.1, -0.05) is 48.5 Å². The van der Waals surface area contributed by atoms with Gasteiger partial charge < -0.3 is 30.0 Å². The fraction of sp³-hybridized carbons (Fsp3) is 0.423. The number of amides is 2. The lowest BCUT2D eigenvalue weighted by atomic mass is 9.87. The van der Waals surface area contributed by atoms with Crippen LogP contribution in [-0.2, 0) is 23.8 Å². The number of rotatable bonds is 8. The first-order valence-corrected chi connectivity index (χ1v) is 11.6. The van der Waals surface area contributed by atoms with Crippen molar-refractivity contribution in [1.82, 2.24) is 10.6 Å². The van der Waals surface area contributed by atoms with Crippen molar-refractivity contribution in [2.75, 3.05) is 33.5 Å². The van der Waals surface area contributed by atoms with Crippen molar-refractivity contribution in [2.45, 2.75) is 36.8 Å². The van der Waals surface area contributed by atoms with E-state index in [0.717, 1.165) is 22.3 Å². The van der Waals surface area contributed by atoms with Crippen molar-refractivity contribution >= 4 is 18.0 Å². The van der Waals surface area contributed by atoms with Crippen molar-refractivity contribution < 1.29 is 33.7 Å². The number of hydrogen-bond acceptors (Lipinski definition) is 6. The van der Waals surface area contributed by atoms with Gasteiger partial charge >= 0.3 is 12.1 Å². The molecule has 3 N–H and O–H groups in total. The Balaban J connectivity index is 1.48. The predicted octanol–water partition coefficient (Wildman–Crippen LogP) is 2.68. The molecule has 0 bridgehead atoms. The number of carboxylic acids is 1. The summed E-state index contributed by atoms with van der Waals surface area (Å²) in [5.74, 6) is -1.98. The molecule has 35 heavy (non-hydrogen) atoms. The van der Waals surface area contributed by atoms with Gasteiger partial charge in [0.2, 0.25) is 5.91 Å². The number of nitrogens with one attached hydrogen (secondary N) is 2. The monoisotopic (exact) mass is 482 g/mol. The molecule has 1 fully saturated rings. The first kappa shape index (κ1) is 24.7. The molecule has 4 rings (SSSR count). The van der Waals surface area contributed by atoms with E-state index in [4.69, 9.17) is 14.2 Å². The van der Waals surface area contributed by atoms with Crippen molar-refractivity contribution in [3.05, 3.63) is 59.7 Å². The maximum absolute atomic E-state index is 13.3. The Morgan fingerprint density at radius 1 is 1.06 bits per heavy atom. The van der Waals surface area contributed by atoms with Gasteiger partial charge in [0, 0.05) is 39.1 Å². The zero-order chi connectivity index (χ0) is 25.1. The van der Waals surface area contributed by atoms with E-state index >= 15 is 0 Å². The molecular formula is C26H30N2O7. The van der Waals surface area contributed by atoms with Crippen LogP contribution in [0.3, 0.4) is 0 Å². The minimum atomic E-state index is -1.65. The van der Waals surface area contributed by atoms with Crippen LogP contribution in [0.5, 0.6) is 0 Å². The number of ether oxygens (including phenoxy) is 3. The standard InChI is InChI=1S/C26H30N2O7/c1-25(16-33-2,23(30)31)27-22(29)26(11-13-34-14-12-26)28-24(32)35-15-21-19-9-5-3-7-17(19)18-8-4-6-10-20(18)21/h3-10,21H,11-16H2,1-2H3,(H,27,29)(H,28,32)(H,30,31). The highest BCUT2D eigenvalue weighted by Gasteiger charge is 2.46. The van der Waals surface area contributed by atoms with Crippen LogP contribution >= 0.6 is 0 Å². The van der Waals surface area contributed by atoms with Crippen LogP contribution in [0.1, 0.15) is 36.8 Å². The molecule has 1 saturated heterocycles. The quantitative estimate of drug-likeness (QED) is 0.529. The fourth-order valence-electron chi connectivity index (χ4n) is 4.77. The summed E-state index contributed by atoms with van der Waals surface area (Å²) in [4.78, 5) is 38.0. The molecule has 9 heteroatoms. The molecule has 2 amide bonds. The second-order valence-electron chi connectivity index (χ2n) is 9.17. The summed E-state index contributed by atoms with van der Waals surface area (Å²) in [6, 6.07) is 16.0. The van der Waals surface area contributed by atoms with Crippen LogP contribution in [0.4, 0.5) is 4.79 Å². The van der Waals surface area contributed by atoms with Crippen LogP contribution in [-0.4, -0.2) is 67.7 Å². The van der Waals surface area contributed by atoms with E-state index < -0.39 is 29.0 Å². The molecule has 0 spiro atoms. The molecule has 9 nitrogen and oxygen atoms in total. The fourth-order valence-corrected chi connectivity index (χ4v) is 4.77. The van der Waals surface area contributed by atoms with Gasteiger partial charge in [0.15, 0.2) is 5.54 Å². The van der Waals surface area contributed by atoms with Crippen LogP contribution in [0.2, 0.25) is 0 Å². The molecule has 186 valence electrons. The normalized spacial score (nSPS) is 18.0. The molecule has 1 atom stereocenters. The maximum atomic E-state index is 13.3. The average molecular weight is 483 g/mol. The van der Waals surface area contributed by atoms with Gasteiger partial charge in [-0.05, 0) is 29.2 Å². The molecule has 1 aliphatic carbocycles. The van der Waals surface area contributed by atoms with Crippen LogP contribution in [0, 0.1) is 0 Å². The topological polar surface area (TPSA) is 123 Å². The van der Waals surface area contributed by atoms with E-state index in [1.54, 1.807) is 0 Å². The number of hydrogen-bond donors (Lipinski definition) is 3. The van der Waals surface area contributed by atoms with Crippen molar-refractivity contribution in [3.8, 4) is 11.1 Å². The number of methoxy groups -OCH3 is 1. The smallest absolute Gasteiger partial charge is 0.408 e. The molecular weight excluding hydrogens is 452 g/mol. The molecule has 0 aromatic heterocycles. The van der Waals surface area contributed by atoms with Gasteiger partial charge in [-0.2, -0.15) is 0 Å². The van der Waals surface area contributed by atoms with Crippen molar-refractivity contribution in [2.24, 2.45) is 0 Å². The van der Waals surface area contributed by atoms with Crippen LogP contribution in [0.25, 0.3) is 11.1 Å². The predicted molar refractivity (Wildman–Crippen MR) is 127 cm³/mol. The van der Waals surface area contributed by atoms with Crippen LogP contribution in [0.15, 0.2) is 48.5 Å². The number of carbonyl (C=O) groups is 3. The third-order valence-electron chi connectivity index (χ3n) is 6.76. The van der Waals surface area contributed by atoms with Gasteiger partial charge in [-0.15, -0.1) is 0 Å². The lowest BCUT2D eigenvalue weighted by Crippen LogP contribution is -2.67. The van der Waals surface area contributed by atoms with Crippen molar-refractivity contribution in [3.63, 3.8) is 0 Å². The molecule has 0 radical (unpaired) electrons. The second-order valence-corrected chi connectivity index (χ2v) is 9.17. The first-order chi connectivity index (χ1) is 16.8. The summed E-state index contributed by atoms with van der Waals surface area (Å²) < 4.78 is 16.0. The first-order valence-electron chi connectivity index (χ1n) is 11.6. The molecule has 2 aromatic carbocycles. The van der Waals surface area contributed by atoms with Gasteiger partial charge in [0.05, 0.1) is 6.61 Å². The zero-order valence-electron chi connectivity index (χ0n) is 19.8.